The molecule has 0 amide bonds. The van der Waals surface area contributed by atoms with Gasteiger partial charge in [0.25, 0.3) is 0 Å². The van der Waals surface area contributed by atoms with Gasteiger partial charge < -0.3 is 6.92 Å². The van der Waals surface area contributed by atoms with Crippen LogP contribution in [-0.4, -0.2) is 5.16 Å². The van der Waals surface area contributed by atoms with Crippen LogP contribution < -0.4 is 0 Å². The first-order valence-electron chi connectivity index (χ1n) is 4.13. The molecule has 3 atom stereocenters. The van der Waals surface area contributed by atoms with E-state index in [1.54, 1.807) is 0 Å². The molecule has 2 heteroatoms. The van der Waals surface area contributed by atoms with E-state index in [4.69, 9.17) is 0 Å². The summed E-state index contributed by atoms with van der Waals surface area (Å²) in [5.41, 5.74) is 0. The van der Waals surface area contributed by atoms with Gasteiger partial charge in [0.2, 0.25) is 0 Å². The summed E-state index contributed by atoms with van der Waals surface area (Å²) in [7, 11) is 2.93. The molecule has 11 heavy (non-hydrogen) atoms. The van der Waals surface area contributed by atoms with Crippen molar-refractivity contribution in [3.63, 3.8) is 0 Å². The van der Waals surface area contributed by atoms with E-state index in [2.05, 4.69) is 36.9 Å². The van der Waals surface area contributed by atoms with Crippen molar-refractivity contribution in [2.75, 3.05) is 0 Å². The van der Waals surface area contributed by atoms with Gasteiger partial charge in [0, 0.05) is 32.7 Å². The molecule has 1 radical (unpaired) electrons. The molecule has 0 fully saturated rings. The Balaban J connectivity index is 0. The maximum atomic E-state index is 4.08. The number of hydrogen-bond acceptors (Lipinski definition) is 0. The van der Waals surface area contributed by atoms with Crippen LogP contribution in [0.5, 0.6) is 0 Å². The molecule has 0 aliphatic heterocycles. The molecule has 3 unspecified atom stereocenters. The smallest absolute Gasteiger partial charge is 0 e. The van der Waals surface area contributed by atoms with Crippen LogP contribution in [0, 0.1) is 12.8 Å². The molecule has 0 aliphatic rings. The zero-order valence-electron chi connectivity index (χ0n) is 8.06. The van der Waals surface area contributed by atoms with Crippen molar-refractivity contribution in [3.8, 4) is 0 Å². The average Bonchev–Trinajstić information content (AvgIpc) is 1.87. The third kappa shape index (κ3) is 7.88. The van der Waals surface area contributed by atoms with Gasteiger partial charge in [0.05, 0.1) is 0 Å². The van der Waals surface area contributed by atoms with Crippen LogP contribution in [0.3, 0.4) is 0 Å². The Hall–Kier alpha value is 1.53. The van der Waals surface area contributed by atoms with E-state index in [1.165, 1.54) is 19.3 Å². The second kappa shape index (κ2) is 6.99. The van der Waals surface area contributed by atoms with Crippen molar-refractivity contribution < 1.29 is 32.7 Å². The molecule has 65 valence electrons. The van der Waals surface area contributed by atoms with E-state index in [1.807, 2.05) is 0 Å². The van der Waals surface area contributed by atoms with Crippen LogP contribution in [0.25, 0.3) is 0 Å². The van der Waals surface area contributed by atoms with E-state index in [0.717, 1.165) is 0 Å². The van der Waals surface area contributed by atoms with Crippen molar-refractivity contribution in [2.45, 2.75) is 45.2 Å². The summed E-state index contributed by atoms with van der Waals surface area (Å²) in [4.78, 5) is 0. The quantitative estimate of drug-likeness (QED) is 0.529. The minimum absolute atomic E-state index is 0. The number of rotatable bonds is 4. The van der Waals surface area contributed by atoms with Gasteiger partial charge in [-0.05, 0) is 11.6 Å². The molecule has 0 aromatic heterocycles. The Labute approximate surface area is 99.4 Å². The first kappa shape index (κ1) is 15.0. The summed E-state index contributed by atoms with van der Waals surface area (Å²) in [6.07, 6.45) is 3.65. The van der Waals surface area contributed by atoms with Crippen LogP contribution in [0.4, 0.5) is 0 Å². The molecule has 0 bridgehead atoms. The molecule has 0 spiro atoms. The van der Waals surface area contributed by atoms with Crippen molar-refractivity contribution in [2.24, 2.45) is 5.92 Å². The van der Waals surface area contributed by atoms with Crippen LogP contribution in [-0.2, 0) is 32.7 Å². The van der Waals surface area contributed by atoms with Gasteiger partial charge in [-0.3, -0.25) is 0 Å². The molecule has 0 heterocycles. The summed E-state index contributed by atoms with van der Waals surface area (Å²) >= 11 is 0. The van der Waals surface area contributed by atoms with E-state index in [0.29, 0.717) is 11.1 Å². The monoisotopic (exact) mass is 248 g/mol. The predicted molar refractivity (Wildman–Crippen MR) is 52.2 cm³/mol. The molecule has 0 nitrogen and oxygen atoms in total. The summed E-state index contributed by atoms with van der Waals surface area (Å²) in [5, 5.41) is 0.419. The average molecular weight is 248 g/mol. The Morgan fingerprint density at radius 1 is 1.45 bits per heavy atom. The maximum Gasteiger partial charge on any atom is 0 e. The minimum atomic E-state index is 0. The minimum Gasteiger partial charge on any atom is -0.340 e. The summed E-state index contributed by atoms with van der Waals surface area (Å²) in [6, 6.07) is 0. The summed E-state index contributed by atoms with van der Waals surface area (Å²) in [5.74, 6) is 0.627. The molecule has 0 rings (SSSR count). The number of hydrogen-bond donors (Lipinski definition) is 0. The van der Waals surface area contributed by atoms with Crippen LogP contribution >= 0.6 is 9.24 Å². The molecule has 0 saturated carbocycles. The van der Waals surface area contributed by atoms with E-state index >= 15 is 0 Å². The first-order chi connectivity index (χ1) is 4.52. The SMILES string of the molecule is [CH2-]C(CC)CC(C)(P)CC.[Y]. The second-order valence-electron chi connectivity index (χ2n) is 3.49. The standard InChI is InChI=1S/C9H20P.Y/c1-5-8(3)7-9(4,10)6-2;/h8H,3,5-7,10H2,1-2,4H3;/q-1;. The third-order valence-corrected chi connectivity index (χ3v) is 2.78. The fraction of sp³-hybridized carbons (Fsp3) is 0.889. The molecule has 0 aliphatic carbocycles. The summed E-state index contributed by atoms with van der Waals surface area (Å²) < 4.78 is 0. The van der Waals surface area contributed by atoms with E-state index in [-0.39, 0.29) is 32.7 Å². The predicted octanol–water partition coefficient (Wildman–Crippen LogP) is 3.28. The zero-order valence-corrected chi connectivity index (χ0v) is 12.1. The van der Waals surface area contributed by atoms with Gasteiger partial charge in [0.15, 0.2) is 0 Å². The van der Waals surface area contributed by atoms with Gasteiger partial charge in [-0.2, -0.15) is 5.92 Å². The van der Waals surface area contributed by atoms with Crippen molar-refractivity contribution in [1.82, 2.24) is 0 Å². The molecule has 0 aromatic carbocycles. The van der Waals surface area contributed by atoms with Crippen LogP contribution in [0.2, 0.25) is 0 Å². The fourth-order valence-electron chi connectivity index (χ4n) is 0.948. The van der Waals surface area contributed by atoms with Gasteiger partial charge in [-0.25, -0.2) is 0 Å². The zero-order chi connectivity index (χ0) is 8.20. The van der Waals surface area contributed by atoms with Crippen molar-refractivity contribution in [3.05, 3.63) is 6.92 Å². The largest absolute Gasteiger partial charge is 0.340 e. The Morgan fingerprint density at radius 2 is 1.91 bits per heavy atom. The third-order valence-electron chi connectivity index (χ3n) is 2.14. The topological polar surface area (TPSA) is 0 Å². The van der Waals surface area contributed by atoms with Crippen molar-refractivity contribution >= 4 is 9.24 Å². The summed E-state index contributed by atoms with van der Waals surface area (Å²) in [6.45, 7) is 10.8. The van der Waals surface area contributed by atoms with Crippen LogP contribution in [0.1, 0.15) is 40.0 Å². The van der Waals surface area contributed by atoms with Crippen molar-refractivity contribution in [1.29, 1.82) is 0 Å². The first-order valence-corrected chi connectivity index (χ1v) is 4.71. The molecular weight excluding hydrogens is 228 g/mol. The van der Waals surface area contributed by atoms with Gasteiger partial charge in [-0.15, -0.1) is 9.24 Å². The van der Waals surface area contributed by atoms with Gasteiger partial charge in [-0.1, -0.05) is 33.6 Å². The van der Waals surface area contributed by atoms with E-state index < -0.39 is 0 Å². The van der Waals surface area contributed by atoms with E-state index in [9.17, 15) is 0 Å². The Bertz CT molecular complexity index is 91.6. The molecular formula is C9H20PY-. The van der Waals surface area contributed by atoms with Gasteiger partial charge >= 0.3 is 0 Å². The molecule has 0 N–H and O–H groups in total. The second-order valence-corrected chi connectivity index (χ2v) is 4.88. The Kier molecular flexibility index (Phi) is 9.54. The maximum absolute atomic E-state index is 4.08. The normalized spacial score (nSPS) is 18.3. The fourth-order valence-corrected chi connectivity index (χ4v) is 1.28. The molecule has 0 aromatic rings. The molecule has 0 saturated heterocycles. The Morgan fingerprint density at radius 3 is 2.18 bits per heavy atom. The van der Waals surface area contributed by atoms with Gasteiger partial charge in [0.1, 0.15) is 0 Å². The van der Waals surface area contributed by atoms with Crippen LogP contribution in [0.15, 0.2) is 0 Å².